The molecule has 3 rings (SSSR count). The van der Waals surface area contributed by atoms with Gasteiger partial charge in [-0.25, -0.2) is 0 Å². The van der Waals surface area contributed by atoms with Crippen molar-refractivity contribution in [3.63, 3.8) is 0 Å². The molecule has 5 heteroatoms. The number of carbonyl (C=O) groups is 1. The second kappa shape index (κ2) is 7.66. The van der Waals surface area contributed by atoms with Crippen LogP contribution in [0.15, 0.2) is 53.5 Å². The smallest absolute Gasteiger partial charge is 0.258 e. The highest BCUT2D eigenvalue weighted by molar-refractivity contribution is 5.91. The number of anilines is 1. The molecule has 5 nitrogen and oxygen atoms in total. The molecular formula is C22H24N2O3. The van der Waals surface area contributed by atoms with Crippen LogP contribution in [-0.4, -0.2) is 16.6 Å². The van der Waals surface area contributed by atoms with Crippen molar-refractivity contribution in [1.29, 1.82) is 0 Å². The minimum atomic E-state index is -0.232. The first-order valence-electron chi connectivity index (χ1n) is 9.00. The predicted octanol–water partition coefficient (Wildman–Crippen LogP) is 4.04. The molecule has 0 saturated heterocycles. The van der Waals surface area contributed by atoms with Gasteiger partial charge in [-0.15, -0.1) is 0 Å². The van der Waals surface area contributed by atoms with Crippen LogP contribution >= 0.6 is 0 Å². The van der Waals surface area contributed by atoms with E-state index in [0.717, 1.165) is 28.0 Å². The fraction of sp³-hybridized carbons (Fsp3) is 0.273. The minimum absolute atomic E-state index is 0.0353. The number of benzene rings is 2. The Balaban J connectivity index is 1.82. The van der Waals surface area contributed by atoms with Gasteiger partial charge in [-0.2, -0.15) is 0 Å². The number of carbonyl (C=O) groups excluding carboxylic acids is 1. The van der Waals surface area contributed by atoms with Gasteiger partial charge in [-0.3, -0.25) is 9.59 Å². The number of pyridine rings is 1. The zero-order valence-electron chi connectivity index (χ0n) is 16.1. The number of amides is 1. The number of ether oxygens (including phenoxy) is 1. The average Bonchev–Trinajstić information content (AvgIpc) is 2.60. The molecule has 0 saturated carbocycles. The van der Waals surface area contributed by atoms with Gasteiger partial charge in [0.15, 0.2) is 0 Å². The van der Waals surface area contributed by atoms with Crippen LogP contribution in [0, 0.1) is 13.8 Å². The third kappa shape index (κ3) is 4.37. The van der Waals surface area contributed by atoms with Gasteiger partial charge >= 0.3 is 0 Å². The maximum Gasteiger partial charge on any atom is 0.258 e. The molecular weight excluding hydrogens is 340 g/mol. The van der Waals surface area contributed by atoms with Gasteiger partial charge < -0.3 is 14.6 Å². The quantitative estimate of drug-likeness (QED) is 0.743. The summed E-state index contributed by atoms with van der Waals surface area (Å²) < 4.78 is 7.09. The number of hydrogen-bond donors (Lipinski definition) is 1. The SMILES string of the molecule is Cc1ccc(C)c(NC(=O)Cn2ccc3cc(OC(C)C)ccc3c2=O)c1. The lowest BCUT2D eigenvalue weighted by Gasteiger charge is -2.12. The minimum Gasteiger partial charge on any atom is -0.491 e. The molecule has 1 heterocycles. The number of rotatable bonds is 5. The molecule has 0 fully saturated rings. The summed E-state index contributed by atoms with van der Waals surface area (Å²) in [6.07, 6.45) is 1.71. The van der Waals surface area contributed by atoms with Crippen molar-refractivity contribution in [2.24, 2.45) is 0 Å². The summed E-state index contributed by atoms with van der Waals surface area (Å²) >= 11 is 0. The molecule has 27 heavy (non-hydrogen) atoms. The van der Waals surface area contributed by atoms with Crippen LogP contribution in [0.4, 0.5) is 5.69 Å². The lowest BCUT2D eigenvalue weighted by molar-refractivity contribution is -0.116. The first kappa shape index (κ1) is 18.7. The summed E-state index contributed by atoms with van der Waals surface area (Å²) in [5.74, 6) is 0.493. The summed E-state index contributed by atoms with van der Waals surface area (Å²) in [6, 6.07) is 13.1. The Morgan fingerprint density at radius 1 is 1.11 bits per heavy atom. The molecule has 0 bridgehead atoms. The van der Waals surface area contributed by atoms with Gasteiger partial charge in [0.1, 0.15) is 12.3 Å². The van der Waals surface area contributed by atoms with Crippen molar-refractivity contribution >= 4 is 22.4 Å². The van der Waals surface area contributed by atoms with Crippen molar-refractivity contribution in [3.8, 4) is 5.75 Å². The Labute approximate surface area is 158 Å². The zero-order chi connectivity index (χ0) is 19.6. The van der Waals surface area contributed by atoms with Crippen LogP contribution in [0.2, 0.25) is 0 Å². The van der Waals surface area contributed by atoms with E-state index in [2.05, 4.69) is 5.32 Å². The standard InChI is InChI=1S/C22H24N2O3/c1-14(2)27-18-7-8-19-17(12-18)9-10-24(22(19)26)13-21(25)23-20-11-15(3)5-6-16(20)4/h5-12,14H,13H2,1-4H3,(H,23,25). The monoisotopic (exact) mass is 364 g/mol. The van der Waals surface area contributed by atoms with E-state index in [1.165, 1.54) is 4.57 Å². The van der Waals surface area contributed by atoms with Crippen molar-refractivity contribution < 1.29 is 9.53 Å². The second-order valence-electron chi connectivity index (χ2n) is 7.03. The van der Waals surface area contributed by atoms with E-state index in [4.69, 9.17) is 4.74 Å². The molecule has 0 spiro atoms. The lowest BCUT2D eigenvalue weighted by Crippen LogP contribution is -2.27. The van der Waals surface area contributed by atoms with E-state index >= 15 is 0 Å². The molecule has 0 aliphatic heterocycles. The van der Waals surface area contributed by atoms with Crippen molar-refractivity contribution in [2.45, 2.75) is 40.3 Å². The highest BCUT2D eigenvalue weighted by Gasteiger charge is 2.10. The largest absolute Gasteiger partial charge is 0.491 e. The molecule has 0 aliphatic rings. The van der Waals surface area contributed by atoms with Crippen molar-refractivity contribution in [3.05, 3.63) is 70.1 Å². The number of nitrogens with one attached hydrogen (secondary N) is 1. The van der Waals surface area contributed by atoms with E-state index in [9.17, 15) is 9.59 Å². The molecule has 0 unspecified atom stereocenters. The molecule has 140 valence electrons. The Bertz CT molecular complexity index is 1050. The topological polar surface area (TPSA) is 60.3 Å². The summed E-state index contributed by atoms with van der Waals surface area (Å²) in [5.41, 5.74) is 2.62. The Morgan fingerprint density at radius 2 is 1.89 bits per heavy atom. The summed E-state index contributed by atoms with van der Waals surface area (Å²) in [5, 5.41) is 4.25. The highest BCUT2D eigenvalue weighted by atomic mass is 16.5. The number of nitrogens with zero attached hydrogens (tertiary/aromatic N) is 1. The number of fused-ring (bicyclic) bond motifs is 1. The second-order valence-corrected chi connectivity index (χ2v) is 7.03. The number of aryl methyl sites for hydroxylation is 2. The van der Waals surface area contributed by atoms with E-state index in [0.29, 0.717) is 5.39 Å². The van der Waals surface area contributed by atoms with Crippen LogP contribution in [0.3, 0.4) is 0 Å². The molecule has 0 radical (unpaired) electrons. The Kier molecular flexibility index (Phi) is 5.31. The Hall–Kier alpha value is -3.08. The molecule has 0 aliphatic carbocycles. The summed E-state index contributed by atoms with van der Waals surface area (Å²) in [7, 11) is 0. The van der Waals surface area contributed by atoms with Crippen LogP contribution in [0.5, 0.6) is 5.75 Å². The average molecular weight is 364 g/mol. The van der Waals surface area contributed by atoms with Gasteiger partial charge in [0.2, 0.25) is 5.91 Å². The van der Waals surface area contributed by atoms with E-state index in [-0.39, 0.29) is 24.1 Å². The van der Waals surface area contributed by atoms with Crippen LogP contribution in [-0.2, 0) is 11.3 Å². The van der Waals surface area contributed by atoms with Gasteiger partial charge in [0, 0.05) is 17.3 Å². The van der Waals surface area contributed by atoms with E-state index in [1.807, 2.05) is 58.0 Å². The maximum absolute atomic E-state index is 12.7. The third-order valence-corrected chi connectivity index (χ3v) is 4.30. The van der Waals surface area contributed by atoms with Gasteiger partial charge in [0.05, 0.1) is 6.10 Å². The highest BCUT2D eigenvalue weighted by Crippen LogP contribution is 2.20. The lowest BCUT2D eigenvalue weighted by atomic mass is 10.1. The molecule has 0 atom stereocenters. The Morgan fingerprint density at radius 3 is 2.63 bits per heavy atom. The molecule has 1 amide bonds. The van der Waals surface area contributed by atoms with Gasteiger partial charge in [0.25, 0.3) is 5.56 Å². The maximum atomic E-state index is 12.7. The zero-order valence-corrected chi connectivity index (χ0v) is 16.1. The van der Waals surface area contributed by atoms with Gasteiger partial charge in [-0.1, -0.05) is 12.1 Å². The first-order valence-corrected chi connectivity index (χ1v) is 9.00. The summed E-state index contributed by atoms with van der Waals surface area (Å²) in [4.78, 5) is 25.1. The summed E-state index contributed by atoms with van der Waals surface area (Å²) in [6.45, 7) is 7.79. The number of hydrogen-bond acceptors (Lipinski definition) is 3. The third-order valence-electron chi connectivity index (χ3n) is 4.30. The predicted molar refractivity (Wildman–Crippen MR) is 109 cm³/mol. The molecule has 2 aromatic carbocycles. The normalized spacial score (nSPS) is 11.0. The first-order chi connectivity index (χ1) is 12.8. The molecule has 1 N–H and O–H groups in total. The van der Waals surface area contributed by atoms with E-state index in [1.54, 1.807) is 18.3 Å². The van der Waals surface area contributed by atoms with Crippen LogP contribution in [0.1, 0.15) is 25.0 Å². The molecule has 3 aromatic rings. The van der Waals surface area contributed by atoms with Gasteiger partial charge in [-0.05, 0) is 74.5 Å². The van der Waals surface area contributed by atoms with Crippen molar-refractivity contribution in [2.75, 3.05) is 5.32 Å². The fourth-order valence-electron chi connectivity index (χ4n) is 2.95. The van der Waals surface area contributed by atoms with Crippen LogP contribution < -0.4 is 15.6 Å². The van der Waals surface area contributed by atoms with Crippen LogP contribution in [0.25, 0.3) is 10.8 Å². The molecule has 1 aromatic heterocycles. The van der Waals surface area contributed by atoms with Crippen molar-refractivity contribution in [1.82, 2.24) is 4.57 Å². The number of aromatic nitrogens is 1. The van der Waals surface area contributed by atoms with E-state index < -0.39 is 0 Å². The fourth-order valence-corrected chi connectivity index (χ4v) is 2.95.